The maximum absolute atomic E-state index is 12.7. The first kappa shape index (κ1) is 21.7. The fourth-order valence-corrected chi connectivity index (χ4v) is 4.10. The lowest BCUT2D eigenvalue weighted by Gasteiger charge is -2.21. The number of hydrogen-bond acceptors (Lipinski definition) is 5. The molecule has 0 aliphatic carbocycles. The van der Waals surface area contributed by atoms with Crippen LogP contribution < -0.4 is 10.1 Å². The van der Waals surface area contributed by atoms with Crippen LogP contribution in [0.5, 0.6) is 5.75 Å². The second-order valence-corrected chi connectivity index (χ2v) is 9.26. The van der Waals surface area contributed by atoms with Crippen LogP contribution in [0.2, 0.25) is 5.02 Å². The normalized spacial score (nSPS) is 13.4. The van der Waals surface area contributed by atoms with Crippen LogP contribution in [0.25, 0.3) is 0 Å². The monoisotopic (exact) mass is 433 g/mol. The molecule has 1 amide bonds. The highest BCUT2D eigenvalue weighted by Crippen LogP contribution is 2.36. The number of fused-ring (bicyclic) bond motifs is 1. The number of carbonyl (C=O) groups is 2. The molecule has 2 aromatic rings. The van der Waals surface area contributed by atoms with E-state index in [1.54, 1.807) is 6.07 Å². The van der Waals surface area contributed by atoms with Crippen molar-refractivity contribution >= 4 is 35.1 Å². The second-order valence-electron chi connectivity index (χ2n) is 7.80. The first-order valence-corrected chi connectivity index (χ1v) is 10.7. The summed E-state index contributed by atoms with van der Waals surface area (Å²) in [5.41, 5.74) is 1.93. The van der Waals surface area contributed by atoms with Crippen LogP contribution in [0, 0.1) is 5.41 Å². The number of Topliss-reactive ketones (excluding diaryl/α,β-unsaturated/α-hetero) is 1. The van der Waals surface area contributed by atoms with Gasteiger partial charge >= 0.3 is 0 Å². The van der Waals surface area contributed by atoms with Crippen LogP contribution in [0.15, 0.2) is 41.3 Å². The van der Waals surface area contributed by atoms with Crippen molar-refractivity contribution in [2.45, 2.75) is 38.0 Å². The standard InChI is InChI=1S/C22H24ClNO4S/c1-22(2,3)19(25)10-24-21(26)17-6-4-5-7-18(17)29-12-15-9-16(23)8-14-11-27-13-28-20(14)15/h4-9H,10-13H2,1-3H3,(H,24,26). The van der Waals surface area contributed by atoms with Gasteiger partial charge in [-0.3, -0.25) is 9.59 Å². The van der Waals surface area contributed by atoms with Gasteiger partial charge in [-0.05, 0) is 24.3 Å². The summed E-state index contributed by atoms with van der Waals surface area (Å²) in [7, 11) is 0. The molecule has 1 aliphatic heterocycles. The van der Waals surface area contributed by atoms with Gasteiger partial charge in [0.25, 0.3) is 5.91 Å². The third-order valence-corrected chi connectivity index (χ3v) is 5.85. The topological polar surface area (TPSA) is 64.6 Å². The summed E-state index contributed by atoms with van der Waals surface area (Å²) in [6.45, 7) is 6.21. The van der Waals surface area contributed by atoms with Crippen molar-refractivity contribution in [3.8, 4) is 5.75 Å². The number of benzene rings is 2. The number of rotatable bonds is 6. The van der Waals surface area contributed by atoms with Crippen molar-refractivity contribution in [2.75, 3.05) is 13.3 Å². The Hall–Kier alpha value is -2.02. The van der Waals surface area contributed by atoms with Crippen molar-refractivity contribution in [3.63, 3.8) is 0 Å². The third kappa shape index (κ3) is 5.53. The van der Waals surface area contributed by atoms with Gasteiger partial charge in [0, 0.05) is 32.2 Å². The molecular formula is C22H24ClNO4S. The lowest BCUT2D eigenvalue weighted by molar-refractivity contribution is -0.125. The SMILES string of the molecule is CC(C)(C)C(=O)CNC(=O)c1ccccc1SCc1cc(Cl)cc2c1OCOC2. The Morgan fingerprint density at radius 1 is 1.21 bits per heavy atom. The molecule has 154 valence electrons. The molecule has 0 fully saturated rings. The highest BCUT2D eigenvalue weighted by atomic mass is 35.5. The minimum atomic E-state index is -0.489. The summed E-state index contributed by atoms with van der Waals surface area (Å²) in [5.74, 6) is 1.11. The molecule has 0 radical (unpaired) electrons. The zero-order valence-electron chi connectivity index (χ0n) is 16.7. The van der Waals surface area contributed by atoms with E-state index in [-0.39, 0.29) is 25.0 Å². The molecule has 29 heavy (non-hydrogen) atoms. The molecule has 0 atom stereocenters. The van der Waals surface area contributed by atoms with Crippen molar-refractivity contribution < 1.29 is 19.1 Å². The van der Waals surface area contributed by atoms with Gasteiger partial charge in [-0.15, -0.1) is 11.8 Å². The predicted octanol–water partition coefficient (Wildman–Crippen LogP) is 4.84. The first-order valence-electron chi connectivity index (χ1n) is 9.31. The molecule has 0 bridgehead atoms. The van der Waals surface area contributed by atoms with Crippen LogP contribution in [-0.2, 0) is 21.9 Å². The number of hydrogen-bond donors (Lipinski definition) is 1. The van der Waals surface area contributed by atoms with Gasteiger partial charge in [0.05, 0.1) is 18.7 Å². The zero-order chi connectivity index (χ0) is 21.0. The van der Waals surface area contributed by atoms with E-state index in [2.05, 4.69) is 5.32 Å². The zero-order valence-corrected chi connectivity index (χ0v) is 18.3. The molecule has 1 N–H and O–H groups in total. The molecule has 2 aromatic carbocycles. The number of thioether (sulfide) groups is 1. The largest absolute Gasteiger partial charge is 0.467 e. The van der Waals surface area contributed by atoms with E-state index in [1.165, 1.54) is 11.8 Å². The smallest absolute Gasteiger partial charge is 0.252 e. The average Bonchev–Trinajstić information content (AvgIpc) is 2.69. The third-order valence-electron chi connectivity index (χ3n) is 4.51. The molecule has 0 saturated heterocycles. The fraction of sp³-hybridized carbons (Fsp3) is 0.364. The molecule has 1 heterocycles. The number of nitrogens with one attached hydrogen (secondary N) is 1. The fourth-order valence-electron chi connectivity index (χ4n) is 2.82. The molecule has 0 unspecified atom stereocenters. The van der Waals surface area contributed by atoms with Crippen molar-refractivity contribution in [1.82, 2.24) is 5.32 Å². The summed E-state index contributed by atoms with van der Waals surface area (Å²) in [5, 5.41) is 3.36. The Bertz CT molecular complexity index is 924. The van der Waals surface area contributed by atoms with E-state index in [9.17, 15) is 9.59 Å². The molecule has 0 spiro atoms. The molecular weight excluding hydrogens is 410 g/mol. The Morgan fingerprint density at radius 2 is 1.97 bits per heavy atom. The van der Waals surface area contributed by atoms with Gasteiger partial charge in [0.1, 0.15) is 5.75 Å². The van der Waals surface area contributed by atoms with Gasteiger partial charge < -0.3 is 14.8 Å². The Balaban J connectivity index is 1.73. The number of halogens is 1. The van der Waals surface area contributed by atoms with E-state index in [0.717, 1.165) is 21.8 Å². The van der Waals surface area contributed by atoms with Crippen LogP contribution in [0.4, 0.5) is 0 Å². The number of amides is 1. The van der Waals surface area contributed by atoms with Gasteiger partial charge in [0.15, 0.2) is 12.6 Å². The van der Waals surface area contributed by atoms with E-state index in [4.69, 9.17) is 21.1 Å². The van der Waals surface area contributed by atoms with E-state index >= 15 is 0 Å². The minimum Gasteiger partial charge on any atom is -0.467 e. The first-order chi connectivity index (χ1) is 13.8. The van der Waals surface area contributed by atoms with Crippen LogP contribution >= 0.6 is 23.4 Å². The number of carbonyl (C=O) groups excluding carboxylic acids is 2. The summed E-state index contributed by atoms with van der Waals surface area (Å²) in [6, 6.07) is 11.1. The van der Waals surface area contributed by atoms with E-state index in [1.807, 2.05) is 51.1 Å². The Kier molecular flexibility index (Phi) is 6.88. The molecule has 0 aromatic heterocycles. The van der Waals surface area contributed by atoms with Gasteiger partial charge in [-0.2, -0.15) is 0 Å². The number of ether oxygens (including phenoxy) is 2. The van der Waals surface area contributed by atoms with Crippen molar-refractivity contribution in [3.05, 3.63) is 58.1 Å². The Labute approximate surface area is 180 Å². The highest BCUT2D eigenvalue weighted by Gasteiger charge is 2.22. The Morgan fingerprint density at radius 3 is 2.72 bits per heavy atom. The maximum atomic E-state index is 12.7. The summed E-state index contributed by atoms with van der Waals surface area (Å²) < 4.78 is 11.0. The summed E-state index contributed by atoms with van der Waals surface area (Å²) >= 11 is 7.76. The maximum Gasteiger partial charge on any atom is 0.252 e. The van der Waals surface area contributed by atoms with Gasteiger partial charge in [0.2, 0.25) is 0 Å². The van der Waals surface area contributed by atoms with Crippen molar-refractivity contribution in [2.24, 2.45) is 5.41 Å². The lowest BCUT2D eigenvalue weighted by atomic mass is 9.91. The molecule has 0 saturated carbocycles. The number of ketones is 1. The van der Waals surface area contributed by atoms with Crippen molar-refractivity contribution in [1.29, 1.82) is 0 Å². The highest BCUT2D eigenvalue weighted by molar-refractivity contribution is 7.98. The quantitative estimate of drug-likeness (QED) is 0.660. The van der Waals surface area contributed by atoms with Crippen LogP contribution in [0.1, 0.15) is 42.3 Å². The summed E-state index contributed by atoms with van der Waals surface area (Å²) in [4.78, 5) is 25.6. The van der Waals surface area contributed by atoms with E-state index < -0.39 is 5.41 Å². The molecule has 3 rings (SSSR count). The second kappa shape index (κ2) is 9.20. The summed E-state index contributed by atoms with van der Waals surface area (Å²) in [6.07, 6.45) is 0. The van der Waals surface area contributed by atoms with E-state index in [0.29, 0.717) is 22.9 Å². The molecule has 7 heteroatoms. The molecule has 1 aliphatic rings. The predicted molar refractivity (Wildman–Crippen MR) is 115 cm³/mol. The van der Waals surface area contributed by atoms with Crippen LogP contribution in [-0.4, -0.2) is 25.0 Å². The lowest BCUT2D eigenvalue weighted by Crippen LogP contribution is -2.35. The van der Waals surface area contributed by atoms with Gasteiger partial charge in [-0.1, -0.05) is 44.5 Å². The van der Waals surface area contributed by atoms with Crippen LogP contribution in [0.3, 0.4) is 0 Å². The van der Waals surface area contributed by atoms with Gasteiger partial charge in [-0.25, -0.2) is 0 Å². The average molecular weight is 434 g/mol. The minimum absolute atomic E-state index is 0.0109. The molecule has 5 nitrogen and oxygen atoms in total.